The highest BCUT2D eigenvalue weighted by atomic mass is 19.4. The van der Waals surface area contributed by atoms with Gasteiger partial charge in [-0.05, 0) is 42.5 Å². The molecule has 2 aromatic carbocycles. The van der Waals surface area contributed by atoms with Gasteiger partial charge in [0.2, 0.25) is 5.91 Å². The zero-order valence-corrected chi connectivity index (χ0v) is 13.1. The van der Waals surface area contributed by atoms with Gasteiger partial charge >= 0.3 is 6.18 Å². The molecule has 0 atom stereocenters. The van der Waals surface area contributed by atoms with E-state index in [-0.39, 0.29) is 11.7 Å². The van der Waals surface area contributed by atoms with E-state index in [9.17, 15) is 18.0 Å². The van der Waals surface area contributed by atoms with E-state index >= 15 is 0 Å². The first-order valence-electron chi connectivity index (χ1n) is 7.34. The molecule has 3 rings (SSSR count). The molecule has 0 aliphatic rings. The number of hydrogen-bond acceptors (Lipinski definition) is 3. The minimum atomic E-state index is -4.39. The number of ether oxygens (including phenoxy) is 1. The monoisotopic (exact) mass is 346 g/mol. The molecule has 4 nitrogen and oxygen atoms in total. The molecule has 0 radical (unpaired) electrons. The molecule has 1 aromatic heterocycles. The highest BCUT2D eigenvalue weighted by Crippen LogP contribution is 2.35. The third-order valence-corrected chi connectivity index (χ3v) is 3.50. The molecular formula is C18H13F3N2O2. The molecule has 0 saturated heterocycles. The van der Waals surface area contributed by atoms with Crippen LogP contribution in [0.25, 0.3) is 10.8 Å². The number of hydrogen-bond donors (Lipinski definition) is 1. The molecule has 0 saturated carbocycles. The Morgan fingerprint density at radius 2 is 1.76 bits per heavy atom. The number of fused-ring (bicyclic) bond motifs is 1. The summed E-state index contributed by atoms with van der Waals surface area (Å²) in [5, 5.41) is 4.07. The Balaban J connectivity index is 1.95. The summed E-state index contributed by atoms with van der Waals surface area (Å²) < 4.78 is 43.6. The predicted octanol–water partition coefficient (Wildman–Crippen LogP) is 5.00. The summed E-state index contributed by atoms with van der Waals surface area (Å²) >= 11 is 0. The Kier molecular flexibility index (Phi) is 4.31. The Labute approximate surface area is 141 Å². The van der Waals surface area contributed by atoms with Gasteiger partial charge in [-0.15, -0.1) is 0 Å². The van der Waals surface area contributed by atoms with Crippen LogP contribution in [0.15, 0.2) is 54.9 Å². The van der Waals surface area contributed by atoms with Gasteiger partial charge < -0.3 is 10.1 Å². The maximum absolute atomic E-state index is 12.6. The molecular weight excluding hydrogens is 333 g/mol. The molecule has 3 aromatic rings. The van der Waals surface area contributed by atoms with E-state index in [0.717, 1.165) is 17.5 Å². The van der Waals surface area contributed by atoms with Crippen LogP contribution >= 0.6 is 0 Å². The summed E-state index contributed by atoms with van der Waals surface area (Å²) in [6.45, 7) is 1.40. The smallest absolute Gasteiger partial charge is 0.416 e. The first-order chi connectivity index (χ1) is 11.8. The third-order valence-electron chi connectivity index (χ3n) is 3.50. The van der Waals surface area contributed by atoms with Gasteiger partial charge in [-0.1, -0.05) is 0 Å². The van der Waals surface area contributed by atoms with Crippen molar-refractivity contribution >= 4 is 22.4 Å². The van der Waals surface area contributed by atoms with Gasteiger partial charge in [0.05, 0.1) is 5.56 Å². The second-order valence-corrected chi connectivity index (χ2v) is 5.34. The van der Waals surface area contributed by atoms with Crippen molar-refractivity contribution in [3.63, 3.8) is 0 Å². The minimum Gasteiger partial charge on any atom is -0.457 e. The van der Waals surface area contributed by atoms with E-state index in [1.165, 1.54) is 19.1 Å². The molecule has 0 bridgehead atoms. The second kappa shape index (κ2) is 6.43. The SMILES string of the molecule is CC(=O)Nc1ccc(Oc2ccc(C(F)(F)F)cc2)c2cnccc12. The number of nitrogens with one attached hydrogen (secondary N) is 1. The lowest BCUT2D eigenvalue weighted by molar-refractivity contribution is -0.137. The fourth-order valence-electron chi connectivity index (χ4n) is 2.39. The van der Waals surface area contributed by atoms with Crippen molar-refractivity contribution < 1.29 is 22.7 Å². The van der Waals surface area contributed by atoms with Gasteiger partial charge in [0.25, 0.3) is 0 Å². The highest BCUT2D eigenvalue weighted by Gasteiger charge is 2.30. The van der Waals surface area contributed by atoms with Crippen LogP contribution in [0.3, 0.4) is 0 Å². The zero-order valence-electron chi connectivity index (χ0n) is 13.1. The molecule has 1 heterocycles. The summed E-state index contributed by atoms with van der Waals surface area (Å²) in [5.74, 6) is 0.483. The summed E-state index contributed by atoms with van der Waals surface area (Å²) in [7, 11) is 0. The van der Waals surface area contributed by atoms with E-state index in [0.29, 0.717) is 16.8 Å². The molecule has 1 N–H and O–H groups in total. The van der Waals surface area contributed by atoms with Crippen LogP contribution in [0.2, 0.25) is 0 Å². The number of carbonyl (C=O) groups is 1. The lowest BCUT2D eigenvalue weighted by Gasteiger charge is -2.13. The summed E-state index contributed by atoms with van der Waals surface area (Å²) in [6, 6.07) is 9.46. The van der Waals surface area contributed by atoms with Crippen LogP contribution in [0.4, 0.5) is 18.9 Å². The molecule has 0 aliphatic carbocycles. The molecule has 0 fully saturated rings. The van der Waals surface area contributed by atoms with Gasteiger partial charge in [-0.2, -0.15) is 13.2 Å². The summed E-state index contributed by atoms with van der Waals surface area (Å²) in [5.41, 5.74) is -0.142. The quantitative estimate of drug-likeness (QED) is 0.726. The van der Waals surface area contributed by atoms with Gasteiger partial charge in [0, 0.05) is 35.8 Å². The Morgan fingerprint density at radius 1 is 1.04 bits per heavy atom. The molecule has 7 heteroatoms. The van der Waals surface area contributed by atoms with Crippen LogP contribution in [0.5, 0.6) is 11.5 Å². The van der Waals surface area contributed by atoms with Crippen molar-refractivity contribution in [1.29, 1.82) is 0 Å². The second-order valence-electron chi connectivity index (χ2n) is 5.34. The number of anilines is 1. The van der Waals surface area contributed by atoms with Gasteiger partial charge in [-0.3, -0.25) is 9.78 Å². The molecule has 128 valence electrons. The summed E-state index contributed by atoms with van der Waals surface area (Å²) in [6.07, 6.45) is -1.25. The van der Waals surface area contributed by atoms with Crippen molar-refractivity contribution in [3.8, 4) is 11.5 Å². The highest BCUT2D eigenvalue weighted by molar-refractivity contribution is 6.03. The number of pyridine rings is 1. The van der Waals surface area contributed by atoms with Crippen molar-refractivity contribution in [2.75, 3.05) is 5.32 Å². The predicted molar refractivity (Wildman–Crippen MR) is 87.6 cm³/mol. The number of carbonyl (C=O) groups excluding carboxylic acids is 1. The average Bonchev–Trinajstić information content (AvgIpc) is 2.56. The van der Waals surface area contributed by atoms with Crippen LogP contribution in [-0.4, -0.2) is 10.9 Å². The normalized spacial score (nSPS) is 11.4. The van der Waals surface area contributed by atoms with Crippen LogP contribution in [0.1, 0.15) is 12.5 Å². The minimum absolute atomic E-state index is 0.213. The number of aromatic nitrogens is 1. The van der Waals surface area contributed by atoms with E-state index < -0.39 is 11.7 Å². The van der Waals surface area contributed by atoms with E-state index in [1.807, 2.05) is 0 Å². The molecule has 1 amide bonds. The van der Waals surface area contributed by atoms with Gasteiger partial charge in [-0.25, -0.2) is 0 Å². The maximum Gasteiger partial charge on any atom is 0.416 e. The third kappa shape index (κ3) is 3.71. The number of benzene rings is 2. The van der Waals surface area contributed by atoms with Crippen molar-refractivity contribution in [2.45, 2.75) is 13.1 Å². The Hall–Kier alpha value is -3.09. The van der Waals surface area contributed by atoms with Gasteiger partial charge in [0.1, 0.15) is 11.5 Å². The van der Waals surface area contributed by atoms with Crippen LogP contribution in [-0.2, 0) is 11.0 Å². The number of alkyl halides is 3. The topological polar surface area (TPSA) is 51.2 Å². The van der Waals surface area contributed by atoms with Crippen molar-refractivity contribution in [3.05, 3.63) is 60.4 Å². The average molecular weight is 346 g/mol. The fourth-order valence-corrected chi connectivity index (χ4v) is 2.39. The first kappa shape index (κ1) is 16.8. The molecule has 0 spiro atoms. The van der Waals surface area contributed by atoms with Crippen molar-refractivity contribution in [1.82, 2.24) is 4.98 Å². The van der Waals surface area contributed by atoms with Crippen LogP contribution in [0, 0.1) is 0 Å². The van der Waals surface area contributed by atoms with Gasteiger partial charge in [0.15, 0.2) is 0 Å². The Morgan fingerprint density at radius 3 is 2.40 bits per heavy atom. The standard InChI is InChI=1S/C18H13F3N2O2/c1-11(24)23-16-6-7-17(15-10-22-9-8-14(15)16)25-13-4-2-12(3-5-13)18(19,20)21/h2-10H,1H3,(H,23,24). The Bertz CT molecular complexity index is 922. The first-order valence-corrected chi connectivity index (χ1v) is 7.34. The number of halogens is 3. The van der Waals surface area contributed by atoms with E-state index in [2.05, 4.69) is 10.3 Å². The fraction of sp³-hybridized carbons (Fsp3) is 0.111. The van der Waals surface area contributed by atoms with Crippen molar-refractivity contribution in [2.24, 2.45) is 0 Å². The largest absolute Gasteiger partial charge is 0.457 e. The van der Waals surface area contributed by atoms with Crippen LogP contribution < -0.4 is 10.1 Å². The lowest BCUT2D eigenvalue weighted by atomic mass is 10.1. The molecule has 0 unspecified atom stereocenters. The van der Waals surface area contributed by atoms with E-state index in [1.54, 1.807) is 30.6 Å². The number of nitrogens with zero attached hydrogens (tertiary/aromatic N) is 1. The maximum atomic E-state index is 12.6. The number of rotatable bonds is 3. The molecule has 0 aliphatic heterocycles. The van der Waals surface area contributed by atoms with E-state index in [4.69, 9.17) is 4.74 Å². The number of amides is 1. The summed E-state index contributed by atoms with van der Waals surface area (Å²) in [4.78, 5) is 15.3. The zero-order chi connectivity index (χ0) is 18.0. The molecule has 25 heavy (non-hydrogen) atoms. The lowest BCUT2D eigenvalue weighted by Crippen LogP contribution is -2.06.